The van der Waals surface area contributed by atoms with E-state index in [9.17, 15) is 13.2 Å². The van der Waals surface area contributed by atoms with Crippen LogP contribution in [0.4, 0.5) is 5.69 Å². The first kappa shape index (κ1) is 16.8. The molecule has 1 rings (SSSR count). The normalized spacial score (nSPS) is 12.8. The largest absolute Gasteiger partial charge is 0.350 e. The van der Waals surface area contributed by atoms with Gasteiger partial charge in [0.25, 0.3) is 5.91 Å². The third-order valence-corrected chi connectivity index (χ3v) is 4.58. The fraction of sp³-hybridized carbons (Fsp3) is 0.462. The summed E-state index contributed by atoms with van der Waals surface area (Å²) >= 11 is 6.01. The lowest BCUT2D eigenvalue weighted by Crippen LogP contribution is -2.32. The number of halogens is 1. The molecule has 0 aliphatic heterocycles. The molecular formula is C13H19ClN2O3S. The Labute approximate surface area is 125 Å². The van der Waals surface area contributed by atoms with Crippen molar-refractivity contribution in [3.63, 3.8) is 0 Å². The van der Waals surface area contributed by atoms with Gasteiger partial charge in [0.15, 0.2) is 0 Å². The average Bonchev–Trinajstić information content (AvgIpc) is 2.37. The van der Waals surface area contributed by atoms with Crippen LogP contribution in [0.3, 0.4) is 0 Å². The van der Waals surface area contributed by atoms with Crippen LogP contribution in [0.25, 0.3) is 0 Å². The number of nitrogens with zero attached hydrogens (tertiary/aromatic N) is 1. The van der Waals surface area contributed by atoms with Crippen molar-refractivity contribution in [1.29, 1.82) is 0 Å². The fourth-order valence-corrected chi connectivity index (χ4v) is 2.18. The number of hydrogen-bond acceptors (Lipinski definition) is 3. The zero-order valence-electron chi connectivity index (χ0n) is 12.0. The summed E-state index contributed by atoms with van der Waals surface area (Å²) in [5.74, 6) is -0.312. The van der Waals surface area contributed by atoms with E-state index in [1.807, 2.05) is 13.8 Å². The third-order valence-electron chi connectivity index (χ3n) is 3.05. The second kappa shape index (κ2) is 6.45. The molecule has 0 saturated heterocycles. The van der Waals surface area contributed by atoms with Crippen molar-refractivity contribution in [2.75, 3.05) is 17.6 Å². The number of rotatable bonds is 5. The molecule has 0 aromatic heterocycles. The zero-order valence-corrected chi connectivity index (χ0v) is 13.5. The molecule has 0 spiro atoms. The lowest BCUT2D eigenvalue weighted by Gasteiger charge is -2.18. The molecule has 1 N–H and O–H groups in total. The second-order valence-electron chi connectivity index (χ2n) is 4.68. The predicted molar refractivity (Wildman–Crippen MR) is 81.9 cm³/mol. The number of benzene rings is 1. The lowest BCUT2D eigenvalue weighted by atomic mass is 10.1. The van der Waals surface area contributed by atoms with Crippen molar-refractivity contribution in [3.05, 3.63) is 28.8 Å². The number of sulfonamides is 1. The van der Waals surface area contributed by atoms with Gasteiger partial charge in [-0.25, -0.2) is 8.42 Å². The van der Waals surface area contributed by atoms with Crippen LogP contribution in [0.15, 0.2) is 18.2 Å². The Balaban J connectivity index is 3.13. The van der Waals surface area contributed by atoms with Gasteiger partial charge in [-0.1, -0.05) is 18.5 Å². The van der Waals surface area contributed by atoms with Crippen molar-refractivity contribution in [3.8, 4) is 0 Å². The molecule has 20 heavy (non-hydrogen) atoms. The first-order valence-corrected chi connectivity index (χ1v) is 8.43. The van der Waals surface area contributed by atoms with Crippen molar-refractivity contribution in [2.24, 2.45) is 0 Å². The number of carbonyl (C=O) groups excluding carboxylic acids is 1. The van der Waals surface area contributed by atoms with E-state index in [2.05, 4.69) is 5.32 Å². The Hall–Kier alpha value is -1.27. The molecule has 1 unspecified atom stereocenters. The van der Waals surface area contributed by atoms with Crippen LogP contribution in [-0.4, -0.2) is 33.7 Å². The highest BCUT2D eigenvalue weighted by molar-refractivity contribution is 7.92. The van der Waals surface area contributed by atoms with E-state index in [1.165, 1.54) is 19.2 Å². The van der Waals surface area contributed by atoms with Crippen LogP contribution in [0.2, 0.25) is 5.02 Å². The van der Waals surface area contributed by atoms with E-state index in [4.69, 9.17) is 11.6 Å². The zero-order chi connectivity index (χ0) is 15.5. The molecule has 0 heterocycles. The Morgan fingerprint density at radius 1 is 1.45 bits per heavy atom. The highest BCUT2D eigenvalue weighted by Gasteiger charge is 2.17. The van der Waals surface area contributed by atoms with Crippen LogP contribution >= 0.6 is 11.6 Å². The molecule has 0 fully saturated rings. The molecule has 0 saturated carbocycles. The maximum Gasteiger partial charge on any atom is 0.253 e. The number of nitrogens with one attached hydrogen (secondary N) is 1. The smallest absolute Gasteiger partial charge is 0.253 e. The third kappa shape index (κ3) is 4.11. The van der Waals surface area contributed by atoms with Crippen LogP contribution in [0, 0.1) is 0 Å². The number of hydrogen-bond donors (Lipinski definition) is 1. The Morgan fingerprint density at radius 2 is 2.05 bits per heavy atom. The quantitative estimate of drug-likeness (QED) is 0.905. The van der Waals surface area contributed by atoms with Gasteiger partial charge in [-0.15, -0.1) is 0 Å². The number of carbonyl (C=O) groups is 1. The number of amides is 1. The van der Waals surface area contributed by atoms with Crippen LogP contribution < -0.4 is 9.62 Å². The Kier molecular flexibility index (Phi) is 5.42. The van der Waals surface area contributed by atoms with Crippen LogP contribution in [-0.2, 0) is 10.0 Å². The first-order chi connectivity index (χ1) is 9.16. The minimum Gasteiger partial charge on any atom is -0.350 e. The van der Waals surface area contributed by atoms with E-state index < -0.39 is 10.0 Å². The molecule has 0 aliphatic rings. The predicted octanol–water partition coefficient (Wildman–Crippen LogP) is 2.26. The molecule has 0 aliphatic carbocycles. The van der Waals surface area contributed by atoms with Gasteiger partial charge in [-0.2, -0.15) is 0 Å². The summed E-state index contributed by atoms with van der Waals surface area (Å²) in [6.07, 6.45) is 1.90. The van der Waals surface area contributed by atoms with Crippen molar-refractivity contribution in [1.82, 2.24) is 5.32 Å². The highest BCUT2D eigenvalue weighted by atomic mass is 35.5. The van der Waals surface area contributed by atoms with Crippen molar-refractivity contribution < 1.29 is 13.2 Å². The van der Waals surface area contributed by atoms with Crippen LogP contribution in [0.5, 0.6) is 0 Å². The van der Waals surface area contributed by atoms with Gasteiger partial charge in [0.1, 0.15) is 0 Å². The van der Waals surface area contributed by atoms with E-state index in [0.29, 0.717) is 5.69 Å². The Morgan fingerprint density at radius 3 is 2.55 bits per heavy atom. The minimum absolute atomic E-state index is 0.0230. The van der Waals surface area contributed by atoms with Gasteiger partial charge in [0.05, 0.1) is 22.5 Å². The molecule has 1 aromatic carbocycles. The maximum absolute atomic E-state index is 12.1. The standard InChI is InChI=1S/C13H19ClN2O3S/c1-5-9(2)15-13(17)11-8-10(6-7-12(11)14)16(3)20(4,18)19/h6-9H,5H2,1-4H3,(H,15,17). The van der Waals surface area contributed by atoms with E-state index in [-0.39, 0.29) is 22.5 Å². The summed E-state index contributed by atoms with van der Waals surface area (Å²) < 4.78 is 24.1. The van der Waals surface area contributed by atoms with Crippen molar-refractivity contribution >= 4 is 33.2 Å². The minimum atomic E-state index is -3.38. The molecule has 1 amide bonds. The highest BCUT2D eigenvalue weighted by Crippen LogP contribution is 2.24. The topological polar surface area (TPSA) is 66.5 Å². The van der Waals surface area contributed by atoms with Gasteiger partial charge in [0.2, 0.25) is 10.0 Å². The molecule has 0 bridgehead atoms. The lowest BCUT2D eigenvalue weighted by molar-refractivity contribution is 0.0939. The fourth-order valence-electron chi connectivity index (χ4n) is 1.48. The van der Waals surface area contributed by atoms with Crippen LogP contribution in [0.1, 0.15) is 30.6 Å². The van der Waals surface area contributed by atoms with Gasteiger partial charge in [0, 0.05) is 13.1 Å². The molecule has 1 atom stereocenters. The summed E-state index contributed by atoms with van der Waals surface area (Å²) in [4.78, 5) is 12.1. The van der Waals surface area contributed by atoms with E-state index >= 15 is 0 Å². The second-order valence-corrected chi connectivity index (χ2v) is 7.10. The summed E-state index contributed by atoms with van der Waals surface area (Å²) in [6.45, 7) is 3.85. The van der Waals surface area contributed by atoms with Gasteiger partial charge in [-0.3, -0.25) is 9.10 Å². The molecule has 7 heteroatoms. The first-order valence-electron chi connectivity index (χ1n) is 6.21. The molecule has 1 aromatic rings. The van der Waals surface area contributed by atoms with Gasteiger partial charge in [-0.05, 0) is 31.5 Å². The SMILES string of the molecule is CCC(C)NC(=O)c1cc(N(C)S(C)(=O)=O)ccc1Cl. The molecular weight excluding hydrogens is 300 g/mol. The monoisotopic (exact) mass is 318 g/mol. The van der Waals surface area contributed by atoms with Gasteiger partial charge >= 0.3 is 0 Å². The molecule has 5 nitrogen and oxygen atoms in total. The summed E-state index contributed by atoms with van der Waals surface area (Å²) in [5.41, 5.74) is 0.658. The average molecular weight is 319 g/mol. The van der Waals surface area contributed by atoms with Gasteiger partial charge < -0.3 is 5.32 Å². The summed E-state index contributed by atoms with van der Waals surface area (Å²) in [6, 6.07) is 4.57. The summed E-state index contributed by atoms with van der Waals surface area (Å²) in [7, 11) is -1.95. The van der Waals surface area contributed by atoms with E-state index in [1.54, 1.807) is 6.07 Å². The van der Waals surface area contributed by atoms with Crippen molar-refractivity contribution in [2.45, 2.75) is 26.3 Å². The number of anilines is 1. The molecule has 0 radical (unpaired) electrons. The maximum atomic E-state index is 12.1. The summed E-state index contributed by atoms with van der Waals surface area (Å²) in [5, 5.41) is 3.09. The Bertz CT molecular complexity index is 602. The van der Waals surface area contributed by atoms with E-state index in [0.717, 1.165) is 17.0 Å². The molecule has 112 valence electrons.